The van der Waals surface area contributed by atoms with E-state index in [1.54, 1.807) is 7.11 Å². The lowest BCUT2D eigenvalue weighted by Gasteiger charge is -2.22. The zero-order valence-corrected chi connectivity index (χ0v) is 11.0. The summed E-state index contributed by atoms with van der Waals surface area (Å²) in [5, 5.41) is 10.5. The number of ether oxygens (including phenoxy) is 1. The van der Waals surface area contributed by atoms with E-state index in [0.717, 1.165) is 16.7 Å². The first-order valence-electron chi connectivity index (χ1n) is 6.29. The predicted molar refractivity (Wildman–Crippen MR) is 75.5 cm³/mol. The van der Waals surface area contributed by atoms with E-state index in [0.29, 0.717) is 6.61 Å². The van der Waals surface area contributed by atoms with Crippen LogP contribution in [0.15, 0.2) is 54.6 Å². The van der Waals surface area contributed by atoms with Crippen LogP contribution in [-0.4, -0.2) is 12.2 Å². The summed E-state index contributed by atoms with van der Waals surface area (Å²) in [4.78, 5) is 0. The SMILES string of the molecule is COCc1ccccc1C(O)C(N)c1ccccc1. The van der Waals surface area contributed by atoms with Crippen molar-refractivity contribution in [3.63, 3.8) is 0 Å². The van der Waals surface area contributed by atoms with Crippen LogP contribution in [-0.2, 0) is 11.3 Å². The Kier molecular flexibility index (Phi) is 4.68. The number of methoxy groups -OCH3 is 1. The third kappa shape index (κ3) is 3.20. The van der Waals surface area contributed by atoms with E-state index < -0.39 is 12.1 Å². The molecule has 0 aliphatic heterocycles. The summed E-state index contributed by atoms with van der Waals surface area (Å²) in [7, 11) is 1.64. The van der Waals surface area contributed by atoms with Gasteiger partial charge in [0.2, 0.25) is 0 Å². The van der Waals surface area contributed by atoms with Crippen LogP contribution < -0.4 is 5.73 Å². The molecule has 0 amide bonds. The van der Waals surface area contributed by atoms with Gasteiger partial charge >= 0.3 is 0 Å². The molecule has 0 saturated carbocycles. The molecule has 2 aromatic carbocycles. The zero-order chi connectivity index (χ0) is 13.7. The molecule has 0 fully saturated rings. The summed E-state index contributed by atoms with van der Waals surface area (Å²) < 4.78 is 5.15. The average molecular weight is 257 g/mol. The average Bonchev–Trinajstić information content (AvgIpc) is 2.47. The highest BCUT2D eigenvalue weighted by atomic mass is 16.5. The van der Waals surface area contributed by atoms with Gasteiger partial charge in [0.05, 0.1) is 18.8 Å². The Morgan fingerprint density at radius 1 is 1.05 bits per heavy atom. The zero-order valence-electron chi connectivity index (χ0n) is 11.0. The van der Waals surface area contributed by atoms with Gasteiger partial charge in [0.25, 0.3) is 0 Å². The minimum absolute atomic E-state index is 0.445. The Labute approximate surface area is 113 Å². The standard InChI is InChI=1S/C16H19NO2/c1-19-11-13-9-5-6-10-14(13)16(18)15(17)12-7-3-2-4-8-12/h2-10,15-16,18H,11,17H2,1H3. The van der Waals surface area contributed by atoms with E-state index in [4.69, 9.17) is 10.5 Å². The fraction of sp³-hybridized carbons (Fsp3) is 0.250. The van der Waals surface area contributed by atoms with Gasteiger partial charge in [-0.3, -0.25) is 0 Å². The number of benzene rings is 2. The molecule has 0 heterocycles. The van der Waals surface area contributed by atoms with E-state index in [1.807, 2.05) is 54.6 Å². The molecule has 2 unspecified atom stereocenters. The molecule has 19 heavy (non-hydrogen) atoms. The fourth-order valence-corrected chi connectivity index (χ4v) is 2.16. The van der Waals surface area contributed by atoms with Crippen LogP contribution >= 0.6 is 0 Å². The summed E-state index contributed by atoms with van der Waals surface area (Å²) in [6, 6.07) is 16.8. The molecule has 0 spiro atoms. The van der Waals surface area contributed by atoms with Crippen molar-refractivity contribution >= 4 is 0 Å². The van der Waals surface area contributed by atoms with Gasteiger partial charge in [-0.05, 0) is 16.7 Å². The second-order valence-electron chi connectivity index (χ2n) is 4.51. The largest absolute Gasteiger partial charge is 0.386 e. The number of hydrogen-bond donors (Lipinski definition) is 2. The van der Waals surface area contributed by atoms with Gasteiger partial charge in [-0.2, -0.15) is 0 Å². The minimum Gasteiger partial charge on any atom is -0.386 e. The van der Waals surface area contributed by atoms with E-state index >= 15 is 0 Å². The van der Waals surface area contributed by atoms with Crippen molar-refractivity contribution in [2.24, 2.45) is 5.73 Å². The first-order chi connectivity index (χ1) is 9.24. The smallest absolute Gasteiger partial charge is 0.0986 e. The minimum atomic E-state index is -0.742. The molecule has 0 radical (unpaired) electrons. The topological polar surface area (TPSA) is 55.5 Å². The molecule has 0 aliphatic carbocycles. The molecule has 0 saturated heterocycles. The molecule has 0 aromatic heterocycles. The maximum absolute atomic E-state index is 10.5. The molecule has 2 aromatic rings. The highest BCUT2D eigenvalue weighted by Gasteiger charge is 2.20. The van der Waals surface area contributed by atoms with E-state index in [9.17, 15) is 5.11 Å². The summed E-state index contributed by atoms with van der Waals surface area (Å²) in [5.41, 5.74) is 8.85. The molecule has 3 nitrogen and oxygen atoms in total. The van der Waals surface area contributed by atoms with Crippen LogP contribution in [0.4, 0.5) is 0 Å². The van der Waals surface area contributed by atoms with Crippen LogP contribution in [0.2, 0.25) is 0 Å². The van der Waals surface area contributed by atoms with Crippen LogP contribution in [0.25, 0.3) is 0 Å². The normalized spacial score (nSPS) is 14.1. The Balaban J connectivity index is 2.26. The van der Waals surface area contributed by atoms with Crippen molar-refractivity contribution in [3.8, 4) is 0 Å². The quantitative estimate of drug-likeness (QED) is 0.865. The molecule has 0 bridgehead atoms. The van der Waals surface area contributed by atoms with Gasteiger partial charge in [-0.1, -0.05) is 54.6 Å². The number of nitrogens with two attached hydrogens (primary N) is 1. The van der Waals surface area contributed by atoms with Crippen LogP contribution in [0, 0.1) is 0 Å². The Morgan fingerprint density at radius 2 is 1.68 bits per heavy atom. The van der Waals surface area contributed by atoms with E-state index in [2.05, 4.69) is 0 Å². The lowest BCUT2D eigenvalue weighted by Crippen LogP contribution is -2.20. The van der Waals surface area contributed by atoms with Crippen LogP contribution in [0.1, 0.15) is 28.8 Å². The van der Waals surface area contributed by atoms with Gasteiger partial charge in [0.15, 0.2) is 0 Å². The molecule has 2 rings (SSSR count). The van der Waals surface area contributed by atoms with Gasteiger partial charge < -0.3 is 15.6 Å². The Morgan fingerprint density at radius 3 is 2.37 bits per heavy atom. The van der Waals surface area contributed by atoms with Crippen molar-refractivity contribution in [1.82, 2.24) is 0 Å². The summed E-state index contributed by atoms with van der Waals surface area (Å²) in [5.74, 6) is 0. The maximum atomic E-state index is 10.5. The lowest BCUT2D eigenvalue weighted by molar-refractivity contribution is 0.138. The Bertz CT molecular complexity index is 513. The first kappa shape index (κ1) is 13.7. The summed E-state index contributed by atoms with van der Waals surface area (Å²) in [6.45, 7) is 0.467. The summed E-state index contributed by atoms with van der Waals surface area (Å²) >= 11 is 0. The molecule has 2 atom stereocenters. The van der Waals surface area contributed by atoms with E-state index in [1.165, 1.54) is 0 Å². The second kappa shape index (κ2) is 6.48. The number of hydrogen-bond acceptors (Lipinski definition) is 3. The lowest BCUT2D eigenvalue weighted by atomic mass is 9.93. The molecule has 3 heteroatoms. The van der Waals surface area contributed by atoms with Crippen molar-refractivity contribution in [3.05, 3.63) is 71.3 Å². The molecule has 3 N–H and O–H groups in total. The van der Waals surface area contributed by atoms with Gasteiger partial charge in [-0.25, -0.2) is 0 Å². The third-order valence-corrected chi connectivity index (χ3v) is 3.20. The maximum Gasteiger partial charge on any atom is 0.0986 e. The van der Waals surface area contributed by atoms with Gasteiger partial charge in [0.1, 0.15) is 0 Å². The molecule has 100 valence electrons. The fourth-order valence-electron chi connectivity index (χ4n) is 2.16. The second-order valence-corrected chi connectivity index (χ2v) is 4.51. The number of aliphatic hydroxyl groups excluding tert-OH is 1. The number of rotatable bonds is 5. The predicted octanol–water partition coefficient (Wildman–Crippen LogP) is 2.57. The van der Waals surface area contributed by atoms with Crippen molar-refractivity contribution in [2.45, 2.75) is 18.8 Å². The molecule has 0 aliphatic rings. The Hall–Kier alpha value is -1.68. The third-order valence-electron chi connectivity index (χ3n) is 3.20. The summed E-state index contributed by atoms with van der Waals surface area (Å²) in [6.07, 6.45) is -0.742. The highest BCUT2D eigenvalue weighted by Crippen LogP contribution is 2.29. The van der Waals surface area contributed by atoms with Gasteiger partial charge in [0, 0.05) is 7.11 Å². The van der Waals surface area contributed by atoms with Crippen molar-refractivity contribution in [2.75, 3.05) is 7.11 Å². The highest BCUT2D eigenvalue weighted by molar-refractivity contribution is 5.32. The van der Waals surface area contributed by atoms with Crippen LogP contribution in [0.3, 0.4) is 0 Å². The number of aliphatic hydroxyl groups is 1. The molecular weight excluding hydrogens is 238 g/mol. The van der Waals surface area contributed by atoms with Gasteiger partial charge in [-0.15, -0.1) is 0 Å². The van der Waals surface area contributed by atoms with Crippen molar-refractivity contribution in [1.29, 1.82) is 0 Å². The molecular formula is C16H19NO2. The first-order valence-corrected chi connectivity index (χ1v) is 6.29. The van der Waals surface area contributed by atoms with Crippen LogP contribution in [0.5, 0.6) is 0 Å². The monoisotopic (exact) mass is 257 g/mol. The van der Waals surface area contributed by atoms with Crippen molar-refractivity contribution < 1.29 is 9.84 Å². The van der Waals surface area contributed by atoms with E-state index in [-0.39, 0.29) is 0 Å².